The van der Waals surface area contributed by atoms with Crippen LogP contribution >= 0.6 is 0 Å². The molecule has 0 spiro atoms. The third-order valence-electron chi connectivity index (χ3n) is 3.02. The Morgan fingerprint density at radius 2 is 1.91 bits per heavy atom. The SMILES string of the molecule is Cc1ccccc1NC(=O)Nc1cnc(-n2ccnc2)nc1. The van der Waals surface area contributed by atoms with Crippen molar-refractivity contribution in [3.05, 3.63) is 60.9 Å². The Kier molecular flexibility index (Phi) is 3.78. The summed E-state index contributed by atoms with van der Waals surface area (Å²) < 4.78 is 1.68. The van der Waals surface area contributed by atoms with Gasteiger partial charge in [-0.15, -0.1) is 0 Å². The van der Waals surface area contributed by atoms with E-state index in [1.54, 1.807) is 35.7 Å². The van der Waals surface area contributed by atoms with E-state index < -0.39 is 0 Å². The summed E-state index contributed by atoms with van der Waals surface area (Å²) in [7, 11) is 0. The van der Waals surface area contributed by atoms with E-state index >= 15 is 0 Å². The minimum atomic E-state index is -0.340. The molecule has 110 valence electrons. The van der Waals surface area contributed by atoms with Gasteiger partial charge in [-0.1, -0.05) is 18.2 Å². The molecule has 2 aromatic heterocycles. The van der Waals surface area contributed by atoms with E-state index in [0.29, 0.717) is 11.6 Å². The van der Waals surface area contributed by atoms with Crippen LogP contribution in [0.3, 0.4) is 0 Å². The predicted octanol–water partition coefficient (Wildman–Crippen LogP) is 2.61. The molecule has 1 aromatic carbocycles. The van der Waals surface area contributed by atoms with E-state index in [4.69, 9.17) is 0 Å². The minimum absolute atomic E-state index is 0.340. The Morgan fingerprint density at radius 1 is 1.14 bits per heavy atom. The summed E-state index contributed by atoms with van der Waals surface area (Å²) in [6, 6.07) is 7.21. The summed E-state index contributed by atoms with van der Waals surface area (Å²) in [6.07, 6.45) is 8.07. The van der Waals surface area contributed by atoms with Crippen LogP contribution in [-0.4, -0.2) is 25.6 Å². The third kappa shape index (κ3) is 3.09. The molecule has 2 N–H and O–H groups in total. The molecule has 0 saturated carbocycles. The van der Waals surface area contributed by atoms with Gasteiger partial charge >= 0.3 is 6.03 Å². The van der Waals surface area contributed by atoms with Crippen LogP contribution in [0.5, 0.6) is 0 Å². The van der Waals surface area contributed by atoms with Crippen LogP contribution in [0.4, 0.5) is 16.2 Å². The van der Waals surface area contributed by atoms with E-state index in [9.17, 15) is 4.79 Å². The smallest absolute Gasteiger partial charge is 0.307 e. The molecule has 0 bridgehead atoms. The van der Waals surface area contributed by atoms with Gasteiger partial charge in [-0.3, -0.25) is 4.57 Å². The van der Waals surface area contributed by atoms with Crippen molar-refractivity contribution < 1.29 is 4.79 Å². The number of carbonyl (C=O) groups excluding carboxylic acids is 1. The molecule has 22 heavy (non-hydrogen) atoms. The zero-order chi connectivity index (χ0) is 15.4. The van der Waals surface area contributed by atoms with Gasteiger partial charge in [0, 0.05) is 18.1 Å². The fraction of sp³-hybridized carbons (Fsp3) is 0.0667. The Bertz CT molecular complexity index is 767. The molecule has 0 atom stereocenters. The molecule has 0 aliphatic rings. The van der Waals surface area contributed by atoms with Gasteiger partial charge < -0.3 is 10.6 Å². The maximum atomic E-state index is 12.0. The fourth-order valence-electron chi connectivity index (χ4n) is 1.89. The van der Waals surface area contributed by atoms with Gasteiger partial charge in [0.1, 0.15) is 6.33 Å². The Hall–Kier alpha value is -3.22. The molecule has 2 heterocycles. The molecule has 7 heteroatoms. The van der Waals surface area contributed by atoms with Gasteiger partial charge in [-0.25, -0.2) is 19.7 Å². The van der Waals surface area contributed by atoms with Crippen molar-refractivity contribution in [2.75, 3.05) is 10.6 Å². The van der Waals surface area contributed by atoms with E-state index in [-0.39, 0.29) is 6.03 Å². The zero-order valence-corrected chi connectivity index (χ0v) is 11.9. The lowest BCUT2D eigenvalue weighted by atomic mass is 10.2. The Balaban J connectivity index is 1.66. The van der Waals surface area contributed by atoms with Crippen LogP contribution in [0.2, 0.25) is 0 Å². The average molecular weight is 294 g/mol. The van der Waals surface area contributed by atoms with Crippen molar-refractivity contribution in [1.82, 2.24) is 19.5 Å². The first-order chi connectivity index (χ1) is 10.7. The number of aromatic nitrogens is 4. The number of nitrogens with one attached hydrogen (secondary N) is 2. The van der Waals surface area contributed by atoms with Crippen molar-refractivity contribution >= 4 is 17.4 Å². The van der Waals surface area contributed by atoms with Gasteiger partial charge in [-0.2, -0.15) is 0 Å². The van der Waals surface area contributed by atoms with Crippen molar-refractivity contribution in [2.45, 2.75) is 6.92 Å². The molecule has 0 fully saturated rings. The molecular formula is C15H14N6O. The molecule has 0 aliphatic carbocycles. The van der Waals surface area contributed by atoms with Gasteiger partial charge in [0.05, 0.1) is 18.1 Å². The van der Waals surface area contributed by atoms with Crippen LogP contribution in [0.1, 0.15) is 5.56 Å². The lowest BCUT2D eigenvalue weighted by molar-refractivity contribution is 0.262. The van der Waals surface area contributed by atoms with E-state index in [0.717, 1.165) is 11.3 Å². The van der Waals surface area contributed by atoms with Gasteiger partial charge in [0.2, 0.25) is 5.95 Å². The minimum Gasteiger partial charge on any atom is -0.307 e. The van der Waals surface area contributed by atoms with E-state index in [2.05, 4.69) is 25.6 Å². The first-order valence-electron chi connectivity index (χ1n) is 6.66. The number of nitrogens with zero attached hydrogens (tertiary/aromatic N) is 4. The Morgan fingerprint density at radius 3 is 2.59 bits per heavy atom. The second-order valence-corrected chi connectivity index (χ2v) is 4.64. The largest absolute Gasteiger partial charge is 0.323 e. The zero-order valence-electron chi connectivity index (χ0n) is 11.9. The molecule has 0 saturated heterocycles. The molecule has 0 aliphatic heterocycles. The second-order valence-electron chi connectivity index (χ2n) is 4.64. The molecule has 0 unspecified atom stereocenters. The van der Waals surface area contributed by atoms with Crippen LogP contribution in [0.25, 0.3) is 5.95 Å². The van der Waals surface area contributed by atoms with Crippen molar-refractivity contribution in [1.29, 1.82) is 0 Å². The standard InChI is InChI=1S/C15H14N6O/c1-11-4-2-3-5-13(11)20-15(22)19-12-8-17-14(18-9-12)21-7-6-16-10-21/h2-10H,1H3,(H2,19,20,22). The number of hydrogen-bond acceptors (Lipinski definition) is 4. The Labute approximate surface area is 127 Å². The summed E-state index contributed by atoms with van der Waals surface area (Å²) in [5, 5.41) is 5.47. The number of aryl methyl sites for hydroxylation is 1. The number of hydrogen-bond donors (Lipinski definition) is 2. The average Bonchev–Trinajstić information content (AvgIpc) is 3.05. The lowest BCUT2D eigenvalue weighted by Crippen LogP contribution is -2.20. The van der Waals surface area contributed by atoms with Crippen molar-refractivity contribution in [3.8, 4) is 5.95 Å². The summed E-state index contributed by atoms with van der Waals surface area (Å²) in [4.78, 5) is 24.2. The highest BCUT2D eigenvalue weighted by Crippen LogP contribution is 2.14. The third-order valence-corrected chi connectivity index (χ3v) is 3.02. The molecule has 0 radical (unpaired) electrons. The van der Waals surface area contributed by atoms with Crippen molar-refractivity contribution in [3.63, 3.8) is 0 Å². The van der Waals surface area contributed by atoms with Crippen LogP contribution < -0.4 is 10.6 Å². The summed E-state index contributed by atoms with van der Waals surface area (Å²) in [5.41, 5.74) is 2.26. The quantitative estimate of drug-likeness (QED) is 0.777. The number of amides is 2. The number of benzene rings is 1. The normalized spacial score (nSPS) is 10.2. The molecular weight excluding hydrogens is 280 g/mol. The highest BCUT2D eigenvalue weighted by atomic mass is 16.2. The lowest BCUT2D eigenvalue weighted by Gasteiger charge is -2.09. The van der Waals surface area contributed by atoms with E-state index in [1.165, 1.54) is 0 Å². The highest BCUT2D eigenvalue weighted by Gasteiger charge is 2.06. The van der Waals surface area contributed by atoms with Crippen LogP contribution in [-0.2, 0) is 0 Å². The van der Waals surface area contributed by atoms with Crippen LogP contribution in [0, 0.1) is 6.92 Å². The van der Waals surface area contributed by atoms with E-state index in [1.807, 2.05) is 31.2 Å². The molecule has 3 rings (SSSR count). The number of imidazole rings is 1. The molecule has 7 nitrogen and oxygen atoms in total. The highest BCUT2D eigenvalue weighted by molar-refractivity contribution is 5.99. The number of anilines is 2. The fourth-order valence-corrected chi connectivity index (χ4v) is 1.89. The predicted molar refractivity (Wildman–Crippen MR) is 83.0 cm³/mol. The number of carbonyl (C=O) groups is 1. The summed E-state index contributed by atoms with van der Waals surface area (Å²) in [6.45, 7) is 1.93. The number of para-hydroxylation sites is 1. The number of urea groups is 1. The number of rotatable bonds is 3. The van der Waals surface area contributed by atoms with Gasteiger partial charge in [0.25, 0.3) is 0 Å². The first-order valence-corrected chi connectivity index (χ1v) is 6.66. The van der Waals surface area contributed by atoms with Gasteiger partial charge in [-0.05, 0) is 18.6 Å². The summed E-state index contributed by atoms with van der Waals surface area (Å²) in [5.74, 6) is 0.488. The topological polar surface area (TPSA) is 84.7 Å². The maximum Gasteiger partial charge on any atom is 0.323 e. The van der Waals surface area contributed by atoms with Crippen LogP contribution in [0.15, 0.2) is 55.4 Å². The maximum absolute atomic E-state index is 12.0. The molecule has 2 amide bonds. The molecule has 3 aromatic rings. The monoisotopic (exact) mass is 294 g/mol. The summed E-state index contributed by atoms with van der Waals surface area (Å²) >= 11 is 0. The van der Waals surface area contributed by atoms with Crippen molar-refractivity contribution in [2.24, 2.45) is 0 Å². The second kappa shape index (κ2) is 6.04. The first kappa shape index (κ1) is 13.7. The van der Waals surface area contributed by atoms with Gasteiger partial charge in [0.15, 0.2) is 0 Å².